The van der Waals surface area contributed by atoms with E-state index in [1.165, 1.54) is 23.1 Å². The molecule has 1 aromatic carbocycles. The predicted octanol–water partition coefficient (Wildman–Crippen LogP) is 4.57. The molecule has 2 aromatic heterocycles. The number of carbonyl (C=O) groups is 1. The summed E-state index contributed by atoms with van der Waals surface area (Å²) in [6, 6.07) is 7.39. The maximum absolute atomic E-state index is 12.6. The van der Waals surface area contributed by atoms with Crippen molar-refractivity contribution in [1.29, 1.82) is 0 Å². The molecule has 0 radical (unpaired) electrons. The first-order valence-electron chi connectivity index (χ1n) is 7.59. The van der Waals surface area contributed by atoms with Crippen molar-refractivity contribution >= 4 is 50.9 Å². The number of thioether (sulfide) groups is 1. The zero-order chi connectivity index (χ0) is 18.0. The van der Waals surface area contributed by atoms with Gasteiger partial charge < -0.3 is 10.1 Å². The lowest BCUT2D eigenvalue weighted by Gasteiger charge is -2.03. The first kappa shape index (κ1) is 18.0. The van der Waals surface area contributed by atoms with Gasteiger partial charge in [-0.1, -0.05) is 35.5 Å². The van der Waals surface area contributed by atoms with Gasteiger partial charge in [-0.25, -0.2) is 4.98 Å². The van der Waals surface area contributed by atoms with Crippen LogP contribution in [0.1, 0.15) is 17.7 Å². The molecule has 0 fully saturated rings. The molecule has 2 heterocycles. The number of benzene rings is 1. The molecule has 2 N–H and O–H groups in total. The van der Waals surface area contributed by atoms with E-state index in [4.69, 9.17) is 16.7 Å². The fraction of sp³-hybridized carbons (Fsp3) is 0.235. The molecule has 0 saturated carbocycles. The lowest BCUT2D eigenvalue weighted by atomic mass is 10.0. The Kier molecular flexibility index (Phi) is 5.46. The fourth-order valence-corrected chi connectivity index (χ4v) is 4.56. The second-order valence-corrected chi connectivity index (χ2v) is 8.16. The van der Waals surface area contributed by atoms with E-state index in [1.807, 2.05) is 19.1 Å². The number of aryl methyl sites for hydroxylation is 1. The average Bonchev–Trinajstić information content (AvgIpc) is 2.89. The number of aliphatic carboxylic acids is 1. The first-order valence-corrected chi connectivity index (χ1v) is 9.77. The summed E-state index contributed by atoms with van der Waals surface area (Å²) in [6.07, 6.45) is 0.638. The van der Waals surface area contributed by atoms with Crippen LogP contribution in [0.2, 0.25) is 5.02 Å². The summed E-state index contributed by atoms with van der Waals surface area (Å²) in [5.74, 6) is -0.228. The number of nitrogens with one attached hydrogen (secondary N) is 1. The van der Waals surface area contributed by atoms with Crippen LogP contribution in [0.5, 0.6) is 0 Å². The molecule has 0 aliphatic heterocycles. The molecule has 3 aromatic rings. The zero-order valence-corrected chi connectivity index (χ0v) is 15.7. The van der Waals surface area contributed by atoms with E-state index in [0.717, 1.165) is 16.0 Å². The van der Waals surface area contributed by atoms with Crippen LogP contribution in [-0.4, -0.2) is 26.8 Å². The lowest BCUT2D eigenvalue weighted by molar-refractivity contribution is -0.137. The summed E-state index contributed by atoms with van der Waals surface area (Å²) in [7, 11) is 0. The van der Waals surface area contributed by atoms with Crippen LogP contribution in [-0.2, 0) is 4.79 Å². The van der Waals surface area contributed by atoms with Crippen LogP contribution >= 0.6 is 34.7 Å². The average molecular weight is 395 g/mol. The number of aromatic amines is 1. The third-order valence-corrected chi connectivity index (χ3v) is 5.83. The topological polar surface area (TPSA) is 83.0 Å². The molecule has 0 aliphatic carbocycles. The normalized spacial score (nSPS) is 11.1. The number of thiophene rings is 1. The summed E-state index contributed by atoms with van der Waals surface area (Å²) in [6.45, 7) is 1.97. The maximum Gasteiger partial charge on any atom is 0.303 e. The number of nitrogens with zero attached hydrogens (tertiary/aromatic N) is 1. The highest BCUT2D eigenvalue weighted by atomic mass is 35.5. The molecular formula is C17H15ClN2O3S2. The number of fused-ring (bicyclic) bond motifs is 1. The maximum atomic E-state index is 12.6. The zero-order valence-electron chi connectivity index (χ0n) is 13.3. The molecule has 0 bridgehead atoms. The van der Waals surface area contributed by atoms with Gasteiger partial charge in [0.2, 0.25) is 0 Å². The van der Waals surface area contributed by atoms with Crippen molar-refractivity contribution in [2.75, 3.05) is 5.75 Å². The van der Waals surface area contributed by atoms with E-state index < -0.39 is 5.97 Å². The smallest absolute Gasteiger partial charge is 0.303 e. The minimum Gasteiger partial charge on any atom is -0.481 e. The third-order valence-electron chi connectivity index (χ3n) is 3.62. The van der Waals surface area contributed by atoms with Crippen molar-refractivity contribution in [2.24, 2.45) is 0 Å². The number of hydrogen-bond acceptors (Lipinski definition) is 5. The molecule has 0 saturated heterocycles. The van der Waals surface area contributed by atoms with Crippen LogP contribution in [0.15, 0.2) is 34.2 Å². The summed E-state index contributed by atoms with van der Waals surface area (Å²) in [5.41, 5.74) is 1.63. The van der Waals surface area contributed by atoms with Crippen LogP contribution in [0.4, 0.5) is 0 Å². The highest BCUT2D eigenvalue weighted by Gasteiger charge is 2.16. The molecule has 0 spiro atoms. The van der Waals surface area contributed by atoms with E-state index in [1.54, 1.807) is 12.1 Å². The first-order chi connectivity index (χ1) is 12.0. The highest BCUT2D eigenvalue weighted by Crippen LogP contribution is 2.36. The molecule has 0 atom stereocenters. The summed E-state index contributed by atoms with van der Waals surface area (Å²) >= 11 is 8.79. The second kappa shape index (κ2) is 7.59. The van der Waals surface area contributed by atoms with Gasteiger partial charge in [0, 0.05) is 27.6 Å². The van der Waals surface area contributed by atoms with E-state index >= 15 is 0 Å². The lowest BCUT2D eigenvalue weighted by Crippen LogP contribution is -2.09. The number of carboxylic acids is 1. The van der Waals surface area contributed by atoms with Gasteiger partial charge in [0.1, 0.15) is 4.83 Å². The highest BCUT2D eigenvalue weighted by molar-refractivity contribution is 7.99. The Morgan fingerprint density at radius 2 is 2.08 bits per heavy atom. The molecule has 25 heavy (non-hydrogen) atoms. The number of rotatable bonds is 6. The molecule has 3 rings (SSSR count). The number of carboxylic acid groups (broad SMARTS) is 1. The Morgan fingerprint density at radius 3 is 2.76 bits per heavy atom. The SMILES string of the molecule is Cc1sc2nc(SCCCC(=O)O)[nH]c(=O)c2c1-c1ccc(Cl)cc1. The van der Waals surface area contributed by atoms with Crippen molar-refractivity contribution in [3.05, 3.63) is 44.5 Å². The largest absolute Gasteiger partial charge is 0.481 e. The number of aromatic nitrogens is 2. The van der Waals surface area contributed by atoms with Crippen LogP contribution in [0.25, 0.3) is 21.3 Å². The van der Waals surface area contributed by atoms with Gasteiger partial charge in [-0.3, -0.25) is 9.59 Å². The summed E-state index contributed by atoms with van der Waals surface area (Å²) < 4.78 is 0. The molecular weight excluding hydrogens is 380 g/mol. The van der Waals surface area contributed by atoms with Gasteiger partial charge in [-0.05, 0) is 31.0 Å². The van der Waals surface area contributed by atoms with E-state index in [-0.39, 0.29) is 12.0 Å². The summed E-state index contributed by atoms with van der Waals surface area (Å²) in [5, 5.41) is 10.4. The van der Waals surface area contributed by atoms with Gasteiger partial charge in [0.05, 0.1) is 5.39 Å². The third kappa shape index (κ3) is 4.05. The van der Waals surface area contributed by atoms with Gasteiger partial charge in [-0.15, -0.1) is 11.3 Å². The molecule has 0 unspecified atom stereocenters. The second-order valence-electron chi connectivity index (χ2n) is 5.44. The molecule has 0 amide bonds. The van der Waals surface area contributed by atoms with Crippen molar-refractivity contribution in [2.45, 2.75) is 24.9 Å². The van der Waals surface area contributed by atoms with Crippen LogP contribution in [0.3, 0.4) is 0 Å². The van der Waals surface area contributed by atoms with E-state index in [9.17, 15) is 9.59 Å². The Morgan fingerprint density at radius 1 is 1.36 bits per heavy atom. The van der Waals surface area contributed by atoms with Crippen molar-refractivity contribution in [3.63, 3.8) is 0 Å². The monoisotopic (exact) mass is 394 g/mol. The Balaban J connectivity index is 1.94. The molecule has 5 nitrogen and oxygen atoms in total. The molecule has 0 aliphatic rings. The minimum atomic E-state index is -0.820. The Labute approximate surface area is 157 Å². The molecule has 8 heteroatoms. The van der Waals surface area contributed by atoms with Gasteiger partial charge in [0.15, 0.2) is 5.16 Å². The van der Waals surface area contributed by atoms with Crippen LogP contribution in [0, 0.1) is 6.92 Å². The van der Waals surface area contributed by atoms with Crippen LogP contribution < -0.4 is 5.56 Å². The van der Waals surface area contributed by atoms with E-state index in [0.29, 0.717) is 32.6 Å². The predicted molar refractivity (Wildman–Crippen MR) is 103 cm³/mol. The standard InChI is InChI=1S/C17H15ClN2O3S2/c1-9-13(10-4-6-11(18)7-5-10)14-15(23)19-17(20-16(14)25-9)24-8-2-3-12(21)22/h4-7H,2-3,8H2,1H3,(H,21,22)(H,19,20,23). The summed E-state index contributed by atoms with van der Waals surface area (Å²) in [4.78, 5) is 32.2. The van der Waals surface area contributed by atoms with Gasteiger partial charge in [-0.2, -0.15) is 0 Å². The molecule has 130 valence electrons. The van der Waals surface area contributed by atoms with Crippen molar-refractivity contribution in [3.8, 4) is 11.1 Å². The fourth-order valence-electron chi connectivity index (χ4n) is 2.52. The Bertz CT molecular complexity index is 980. The van der Waals surface area contributed by atoms with Gasteiger partial charge in [0.25, 0.3) is 5.56 Å². The number of hydrogen-bond donors (Lipinski definition) is 2. The van der Waals surface area contributed by atoms with Crippen molar-refractivity contribution in [1.82, 2.24) is 9.97 Å². The van der Waals surface area contributed by atoms with E-state index in [2.05, 4.69) is 9.97 Å². The number of H-pyrrole nitrogens is 1. The minimum absolute atomic E-state index is 0.109. The van der Waals surface area contributed by atoms with Crippen molar-refractivity contribution < 1.29 is 9.90 Å². The quantitative estimate of drug-likeness (QED) is 0.363. The Hall–Kier alpha value is -1.83. The number of halogens is 1. The van der Waals surface area contributed by atoms with Gasteiger partial charge >= 0.3 is 5.97 Å².